The Hall–Kier alpha value is -0.570. The lowest BCUT2D eigenvalue weighted by Gasteiger charge is -2.31. The lowest BCUT2D eigenvalue weighted by Crippen LogP contribution is -2.38. The van der Waals surface area contributed by atoms with E-state index in [2.05, 4.69) is 19.2 Å². The van der Waals surface area contributed by atoms with Gasteiger partial charge in [-0.2, -0.15) is 0 Å². The topological polar surface area (TPSA) is 38.3 Å². The van der Waals surface area contributed by atoms with Crippen LogP contribution in [0.15, 0.2) is 0 Å². The van der Waals surface area contributed by atoms with Crippen molar-refractivity contribution in [2.45, 2.75) is 46.0 Å². The fourth-order valence-corrected chi connectivity index (χ4v) is 2.91. The van der Waals surface area contributed by atoms with Crippen LogP contribution < -0.4 is 5.32 Å². The average molecular weight is 227 g/mol. The summed E-state index contributed by atoms with van der Waals surface area (Å²) in [6.45, 7) is 5.53. The van der Waals surface area contributed by atoms with Crippen LogP contribution in [0.4, 0.5) is 0 Å². The van der Waals surface area contributed by atoms with Crippen molar-refractivity contribution in [1.82, 2.24) is 5.32 Å². The average Bonchev–Trinajstić information content (AvgIpc) is 2.64. The fraction of sp³-hybridized carbons (Fsp3) is 0.923. The van der Waals surface area contributed by atoms with Crippen molar-refractivity contribution in [3.8, 4) is 0 Å². The summed E-state index contributed by atoms with van der Waals surface area (Å²) in [4.78, 5) is 11.4. The first-order chi connectivity index (χ1) is 7.58. The predicted molar refractivity (Wildman–Crippen MR) is 65.2 cm³/mol. The van der Waals surface area contributed by atoms with Crippen molar-refractivity contribution in [2.75, 3.05) is 20.3 Å². The van der Waals surface area contributed by atoms with Crippen molar-refractivity contribution in [3.63, 3.8) is 0 Å². The zero-order chi connectivity index (χ0) is 12.0. The van der Waals surface area contributed by atoms with Gasteiger partial charge in [0.1, 0.15) is 6.61 Å². The highest BCUT2D eigenvalue weighted by atomic mass is 16.5. The highest BCUT2D eigenvalue weighted by molar-refractivity contribution is 5.77. The third-order valence-electron chi connectivity index (χ3n) is 3.44. The summed E-state index contributed by atoms with van der Waals surface area (Å²) >= 11 is 0. The Morgan fingerprint density at radius 3 is 2.50 bits per heavy atom. The van der Waals surface area contributed by atoms with Crippen molar-refractivity contribution < 1.29 is 9.53 Å². The minimum atomic E-state index is 0.0116. The first-order valence-corrected chi connectivity index (χ1v) is 6.34. The Balaban J connectivity index is 2.42. The van der Waals surface area contributed by atoms with Crippen LogP contribution in [0.25, 0.3) is 0 Å². The molecule has 1 N–H and O–H groups in total. The van der Waals surface area contributed by atoms with Crippen LogP contribution in [-0.2, 0) is 9.53 Å². The first-order valence-electron chi connectivity index (χ1n) is 6.34. The van der Waals surface area contributed by atoms with Crippen molar-refractivity contribution >= 4 is 5.91 Å². The van der Waals surface area contributed by atoms with Crippen LogP contribution in [0.5, 0.6) is 0 Å². The van der Waals surface area contributed by atoms with Crippen LogP contribution in [0.2, 0.25) is 0 Å². The van der Waals surface area contributed by atoms with E-state index < -0.39 is 0 Å². The number of rotatable bonds is 6. The molecular formula is C13H25NO2. The molecule has 16 heavy (non-hydrogen) atoms. The fourth-order valence-electron chi connectivity index (χ4n) is 2.91. The number of carbonyl (C=O) groups is 1. The van der Waals surface area contributed by atoms with Gasteiger partial charge in [-0.1, -0.05) is 26.7 Å². The second kappa shape index (κ2) is 6.24. The second-order valence-corrected chi connectivity index (χ2v) is 5.51. The van der Waals surface area contributed by atoms with Gasteiger partial charge in [0.05, 0.1) is 0 Å². The van der Waals surface area contributed by atoms with Crippen LogP contribution in [0.1, 0.15) is 46.0 Å². The first kappa shape index (κ1) is 13.5. The zero-order valence-corrected chi connectivity index (χ0v) is 10.8. The quantitative estimate of drug-likeness (QED) is 0.756. The maximum absolute atomic E-state index is 11.4. The summed E-state index contributed by atoms with van der Waals surface area (Å²) in [6, 6.07) is 0. The molecule has 0 saturated heterocycles. The van der Waals surface area contributed by atoms with E-state index in [1.807, 2.05) is 0 Å². The van der Waals surface area contributed by atoms with Crippen LogP contribution in [0, 0.1) is 11.3 Å². The van der Waals surface area contributed by atoms with Gasteiger partial charge in [0.2, 0.25) is 5.91 Å². The largest absolute Gasteiger partial charge is 0.375 e. The van der Waals surface area contributed by atoms with E-state index in [0.29, 0.717) is 11.3 Å². The number of hydrogen-bond acceptors (Lipinski definition) is 2. The molecule has 0 aromatic heterocycles. The summed E-state index contributed by atoms with van der Waals surface area (Å²) in [7, 11) is 1.55. The van der Waals surface area contributed by atoms with Gasteiger partial charge in [-0.3, -0.25) is 4.79 Å². The van der Waals surface area contributed by atoms with Gasteiger partial charge in [0, 0.05) is 13.7 Å². The molecule has 1 aliphatic rings. The number of methoxy groups -OCH3 is 1. The Morgan fingerprint density at radius 2 is 2.00 bits per heavy atom. The van der Waals surface area contributed by atoms with Gasteiger partial charge in [0.25, 0.3) is 0 Å². The molecule has 0 heterocycles. The molecule has 0 atom stereocenters. The normalized spacial score (nSPS) is 19.0. The molecular weight excluding hydrogens is 202 g/mol. The number of ether oxygens (including phenoxy) is 1. The van der Waals surface area contributed by atoms with Gasteiger partial charge in [-0.05, 0) is 30.6 Å². The number of hydrogen-bond donors (Lipinski definition) is 1. The third-order valence-corrected chi connectivity index (χ3v) is 3.44. The molecule has 3 heteroatoms. The van der Waals surface area contributed by atoms with E-state index in [0.717, 1.165) is 6.54 Å². The molecule has 0 aromatic carbocycles. The smallest absolute Gasteiger partial charge is 0.246 e. The maximum atomic E-state index is 11.4. The molecule has 1 aliphatic carbocycles. The Labute approximate surface area is 98.9 Å². The molecule has 0 aliphatic heterocycles. The highest BCUT2D eigenvalue weighted by Crippen LogP contribution is 2.42. The van der Waals surface area contributed by atoms with E-state index >= 15 is 0 Å². The van der Waals surface area contributed by atoms with E-state index in [4.69, 9.17) is 4.74 Å². The summed E-state index contributed by atoms with van der Waals surface area (Å²) in [5, 5.41) is 3.01. The van der Waals surface area contributed by atoms with Gasteiger partial charge in [0.15, 0.2) is 0 Å². The number of carbonyl (C=O) groups excluding carboxylic acids is 1. The van der Waals surface area contributed by atoms with E-state index in [-0.39, 0.29) is 12.5 Å². The Kier molecular flexibility index (Phi) is 5.26. The number of nitrogens with one attached hydrogen (secondary N) is 1. The lowest BCUT2D eigenvalue weighted by atomic mass is 9.78. The summed E-state index contributed by atoms with van der Waals surface area (Å²) in [6.07, 6.45) is 6.37. The molecule has 1 saturated carbocycles. The molecule has 1 rings (SSSR count). The standard InChI is InChI=1S/C13H25NO2/c1-11(2)8-13(6-4-5-7-13)10-14-12(15)9-16-3/h11H,4-10H2,1-3H3,(H,14,15). The minimum Gasteiger partial charge on any atom is -0.375 e. The minimum absolute atomic E-state index is 0.0116. The van der Waals surface area contributed by atoms with Crippen LogP contribution in [0.3, 0.4) is 0 Å². The summed E-state index contributed by atoms with van der Waals surface area (Å²) < 4.78 is 4.82. The molecule has 0 bridgehead atoms. The van der Waals surface area contributed by atoms with E-state index in [9.17, 15) is 4.79 Å². The van der Waals surface area contributed by atoms with Crippen LogP contribution >= 0.6 is 0 Å². The van der Waals surface area contributed by atoms with Gasteiger partial charge in [-0.25, -0.2) is 0 Å². The van der Waals surface area contributed by atoms with Crippen molar-refractivity contribution in [2.24, 2.45) is 11.3 Å². The van der Waals surface area contributed by atoms with Gasteiger partial charge < -0.3 is 10.1 Å². The molecule has 3 nitrogen and oxygen atoms in total. The van der Waals surface area contributed by atoms with Crippen LogP contribution in [-0.4, -0.2) is 26.2 Å². The third kappa shape index (κ3) is 4.12. The molecule has 0 spiro atoms. The maximum Gasteiger partial charge on any atom is 0.246 e. The molecule has 0 aromatic rings. The molecule has 0 radical (unpaired) electrons. The zero-order valence-electron chi connectivity index (χ0n) is 10.8. The van der Waals surface area contributed by atoms with Gasteiger partial charge >= 0.3 is 0 Å². The molecule has 1 fully saturated rings. The van der Waals surface area contributed by atoms with Gasteiger partial charge in [-0.15, -0.1) is 0 Å². The second-order valence-electron chi connectivity index (χ2n) is 5.51. The highest BCUT2D eigenvalue weighted by Gasteiger charge is 2.34. The monoisotopic (exact) mass is 227 g/mol. The number of amides is 1. The summed E-state index contributed by atoms with van der Waals surface area (Å²) in [5.41, 5.74) is 0.359. The van der Waals surface area contributed by atoms with E-state index in [1.165, 1.54) is 32.1 Å². The van der Waals surface area contributed by atoms with E-state index in [1.54, 1.807) is 7.11 Å². The predicted octanol–water partition coefficient (Wildman–Crippen LogP) is 2.36. The SMILES string of the molecule is COCC(=O)NCC1(CC(C)C)CCCC1. The molecule has 0 unspecified atom stereocenters. The van der Waals surface area contributed by atoms with Crippen molar-refractivity contribution in [1.29, 1.82) is 0 Å². The Morgan fingerprint density at radius 1 is 1.38 bits per heavy atom. The molecule has 1 amide bonds. The summed E-state index contributed by atoms with van der Waals surface area (Å²) in [5.74, 6) is 0.718. The lowest BCUT2D eigenvalue weighted by molar-refractivity contribution is -0.125. The van der Waals surface area contributed by atoms with Crippen molar-refractivity contribution in [3.05, 3.63) is 0 Å². The Bertz CT molecular complexity index is 220. The molecule has 94 valence electrons.